The summed E-state index contributed by atoms with van der Waals surface area (Å²) in [6, 6.07) is 5.20. The topological polar surface area (TPSA) is 290 Å². The Hall–Kier alpha value is -3.75. The Morgan fingerprint density at radius 2 is 1.25 bits per heavy atom. The molecule has 240 valence electrons. The number of rotatable bonds is 7. The number of fused-ring (bicyclic) bond motifs is 1. The molecule has 3 heterocycles. The first-order chi connectivity index (χ1) is 20.9. The summed E-state index contributed by atoms with van der Waals surface area (Å²) in [6.07, 6.45) is -17.2. The van der Waals surface area contributed by atoms with Crippen molar-refractivity contribution in [3.05, 3.63) is 40.6 Å². The van der Waals surface area contributed by atoms with Crippen LogP contribution in [0.25, 0.3) is 22.3 Å². The van der Waals surface area contributed by atoms with Gasteiger partial charge in [0.05, 0.1) is 13.2 Å². The molecule has 44 heavy (non-hydrogen) atoms. The van der Waals surface area contributed by atoms with E-state index in [2.05, 4.69) is 0 Å². The molecule has 10 atom stereocenters. The highest BCUT2D eigenvalue weighted by molar-refractivity contribution is 5.88. The minimum absolute atomic E-state index is 0.0937. The summed E-state index contributed by atoms with van der Waals surface area (Å²) < 4.78 is 27.6. The Morgan fingerprint density at radius 1 is 0.682 bits per heavy atom. The third-order valence-corrected chi connectivity index (χ3v) is 7.31. The summed E-state index contributed by atoms with van der Waals surface area (Å²) in [5, 5.41) is 111. The van der Waals surface area contributed by atoms with Crippen LogP contribution >= 0.6 is 0 Å². The number of aliphatic hydroxyl groups excluding tert-OH is 8. The summed E-state index contributed by atoms with van der Waals surface area (Å²) in [4.78, 5) is 13.6. The Morgan fingerprint density at radius 3 is 1.82 bits per heavy atom. The van der Waals surface area contributed by atoms with Crippen LogP contribution in [0.3, 0.4) is 0 Å². The zero-order valence-corrected chi connectivity index (χ0v) is 22.4. The number of aromatic hydroxyl groups is 3. The Labute approximate surface area is 246 Å². The van der Waals surface area contributed by atoms with Gasteiger partial charge in [-0.2, -0.15) is 0 Å². The molecule has 0 saturated carbocycles. The highest BCUT2D eigenvalue weighted by Gasteiger charge is 2.46. The molecule has 5 rings (SSSR count). The van der Waals surface area contributed by atoms with Crippen LogP contribution in [0.5, 0.6) is 28.7 Å². The second kappa shape index (κ2) is 12.3. The summed E-state index contributed by atoms with van der Waals surface area (Å²) in [7, 11) is 0. The second-order valence-electron chi connectivity index (χ2n) is 10.2. The summed E-state index contributed by atoms with van der Waals surface area (Å²) in [5.41, 5.74) is -1.49. The Kier molecular flexibility index (Phi) is 8.87. The van der Waals surface area contributed by atoms with Crippen molar-refractivity contribution in [3.63, 3.8) is 0 Å². The van der Waals surface area contributed by atoms with Gasteiger partial charge >= 0.3 is 0 Å². The SMILES string of the molecule is O=c1c(OC2OC(CO)C(O)C(O)C2O)c(-c2ccc(O)c(OC3OC(CO)C(O)C(O)C3O)c2)oc2cc(O)cc(O)c12. The lowest BCUT2D eigenvalue weighted by Crippen LogP contribution is -2.60. The van der Waals surface area contributed by atoms with Gasteiger partial charge in [-0.05, 0) is 18.2 Å². The molecule has 11 N–H and O–H groups in total. The van der Waals surface area contributed by atoms with Gasteiger partial charge in [0.15, 0.2) is 17.3 Å². The molecule has 0 spiro atoms. The van der Waals surface area contributed by atoms with Crippen LogP contribution < -0.4 is 14.9 Å². The molecule has 0 aliphatic carbocycles. The van der Waals surface area contributed by atoms with Crippen LogP contribution in [0.4, 0.5) is 0 Å². The van der Waals surface area contributed by atoms with Gasteiger partial charge in [-0.3, -0.25) is 4.79 Å². The first kappa shape index (κ1) is 31.7. The van der Waals surface area contributed by atoms with Crippen molar-refractivity contribution in [3.8, 4) is 40.1 Å². The van der Waals surface area contributed by atoms with E-state index in [4.69, 9.17) is 23.4 Å². The van der Waals surface area contributed by atoms with Crippen LogP contribution in [-0.4, -0.2) is 131 Å². The van der Waals surface area contributed by atoms with Crippen LogP contribution in [-0.2, 0) is 9.47 Å². The maximum Gasteiger partial charge on any atom is 0.239 e. The summed E-state index contributed by atoms with van der Waals surface area (Å²) in [5.74, 6) is -3.34. The largest absolute Gasteiger partial charge is 0.508 e. The third kappa shape index (κ3) is 5.61. The molecular formula is C27H30O17. The first-order valence-electron chi connectivity index (χ1n) is 13.2. The van der Waals surface area contributed by atoms with Gasteiger partial charge in [0, 0.05) is 17.7 Å². The van der Waals surface area contributed by atoms with Crippen molar-refractivity contribution in [1.82, 2.24) is 0 Å². The van der Waals surface area contributed by atoms with Gasteiger partial charge in [-0.25, -0.2) is 0 Å². The number of ether oxygens (including phenoxy) is 4. The predicted molar refractivity (Wildman–Crippen MR) is 142 cm³/mol. The summed E-state index contributed by atoms with van der Waals surface area (Å²) >= 11 is 0. The van der Waals surface area contributed by atoms with E-state index in [1.54, 1.807) is 0 Å². The molecule has 17 heteroatoms. The molecular weight excluding hydrogens is 596 g/mol. The number of benzene rings is 2. The molecule has 0 amide bonds. The van der Waals surface area contributed by atoms with Gasteiger partial charge in [0.25, 0.3) is 0 Å². The minimum Gasteiger partial charge on any atom is -0.508 e. The standard InChI is InChI=1S/C27H30O17/c28-6-14-17(33)20(36)22(38)26(42-14)41-12-3-8(1-2-10(12)31)24-25(19(35)16-11(32)4-9(30)5-13(16)40-24)44-27-23(39)21(37)18(34)15(7-29)43-27/h1-5,14-15,17-18,20-23,26-34,36-39H,6-7H2. The highest BCUT2D eigenvalue weighted by Crippen LogP contribution is 2.40. The number of phenols is 3. The fourth-order valence-electron chi connectivity index (χ4n) is 4.89. The lowest BCUT2D eigenvalue weighted by molar-refractivity contribution is -0.277. The predicted octanol–water partition coefficient (Wildman–Crippen LogP) is -3.07. The van der Waals surface area contributed by atoms with Crippen LogP contribution in [0.15, 0.2) is 39.5 Å². The lowest BCUT2D eigenvalue weighted by Gasteiger charge is -2.39. The molecule has 3 aromatic rings. The summed E-state index contributed by atoms with van der Waals surface area (Å²) in [6.45, 7) is -1.56. The van der Waals surface area contributed by atoms with Crippen LogP contribution in [0.1, 0.15) is 0 Å². The van der Waals surface area contributed by atoms with E-state index in [1.807, 2.05) is 0 Å². The van der Waals surface area contributed by atoms with Crippen molar-refractivity contribution < 1.29 is 79.5 Å². The average Bonchev–Trinajstić information content (AvgIpc) is 2.99. The first-order valence-corrected chi connectivity index (χ1v) is 13.2. The van der Waals surface area contributed by atoms with E-state index in [-0.39, 0.29) is 11.1 Å². The smallest absolute Gasteiger partial charge is 0.239 e. The molecule has 2 aliphatic heterocycles. The second-order valence-corrected chi connectivity index (χ2v) is 10.2. The maximum absolute atomic E-state index is 13.6. The van der Waals surface area contributed by atoms with E-state index >= 15 is 0 Å². The molecule has 17 nitrogen and oxygen atoms in total. The van der Waals surface area contributed by atoms with Gasteiger partial charge < -0.3 is 79.5 Å². The van der Waals surface area contributed by atoms with Crippen molar-refractivity contribution in [2.75, 3.05) is 13.2 Å². The van der Waals surface area contributed by atoms with E-state index in [1.165, 1.54) is 6.07 Å². The van der Waals surface area contributed by atoms with Crippen molar-refractivity contribution in [2.24, 2.45) is 0 Å². The molecule has 2 fully saturated rings. The minimum atomic E-state index is -1.95. The molecule has 10 unspecified atom stereocenters. The molecule has 0 radical (unpaired) electrons. The number of hydrogen-bond donors (Lipinski definition) is 11. The van der Waals surface area contributed by atoms with Crippen LogP contribution in [0, 0.1) is 0 Å². The Bertz CT molecular complexity index is 1550. The van der Waals surface area contributed by atoms with E-state index in [9.17, 15) is 61.0 Å². The zero-order chi connectivity index (χ0) is 32.0. The lowest BCUT2D eigenvalue weighted by atomic mass is 9.99. The molecule has 2 aromatic carbocycles. The van der Waals surface area contributed by atoms with Crippen molar-refractivity contribution >= 4 is 11.0 Å². The average molecular weight is 627 g/mol. The van der Waals surface area contributed by atoms with E-state index in [0.717, 1.165) is 24.3 Å². The fraction of sp³-hybridized carbons (Fsp3) is 0.444. The Balaban J connectivity index is 1.60. The van der Waals surface area contributed by atoms with E-state index < -0.39 is 120 Å². The fourth-order valence-corrected chi connectivity index (χ4v) is 4.89. The zero-order valence-electron chi connectivity index (χ0n) is 22.4. The van der Waals surface area contributed by atoms with Crippen molar-refractivity contribution in [2.45, 2.75) is 61.4 Å². The van der Waals surface area contributed by atoms with E-state index in [0.29, 0.717) is 0 Å². The molecule has 1 aromatic heterocycles. The molecule has 0 bridgehead atoms. The number of hydrogen-bond acceptors (Lipinski definition) is 17. The molecule has 2 aliphatic rings. The number of aliphatic hydroxyl groups is 8. The van der Waals surface area contributed by atoms with Gasteiger partial charge in [-0.15, -0.1) is 0 Å². The highest BCUT2D eigenvalue weighted by atomic mass is 16.7. The van der Waals surface area contributed by atoms with Crippen LogP contribution in [0.2, 0.25) is 0 Å². The quantitative estimate of drug-likeness (QED) is 0.124. The monoisotopic (exact) mass is 626 g/mol. The normalized spacial score (nSPS) is 32.5. The van der Waals surface area contributed by atoms with Gasteiger partial charge in [-0.1, -0.05) is 0 Å². The maximum atomic E-state index is 13.6. The van der Waals surface area contributed by atoms with Crippen molar-refractivity contribution in [1.29, 1.82) is 0 Å². The van der Waals surface area contributed by atoms with Gasteiger partial charge in [0.2, 0.25) is 23.8 Å². The third-order valence-electron chi connectivity index (χ3n) is 7.31. The number of phenolic OH excluding ortho intramolecular Hbond substituents is 3. The van der Waals surface area contributed by atoms with Gasteiger partial charge in [0.1, 0.15) is 71.3 Å². The molecule has 2 saturated heterocycles.